The molecule has 0 N–H and O–H groups in total. The summed E-state index contributed by atoms with van der Waals surface area (Å²) in [6, 6.07) is 15.1. The van der Waals surface area contributed by atoms with Crippen molar-refractivity contribution >= 4 is 17.4 Å². The molecule has 2 aromatic rings. The van der Waals surface area contributed by atoms with E-state index in [0.717, 1.165) is 28.2 Å². The van der Waals surface area contributed by atoms with E-state index in [1.165, 1.54) is 0 Å². The highest BCUT2D eigenvalue weighted by Gasteiger charge is 2.10. The Labute approximate surface area is 143 Å². The van der Waals surface area contributed by atoms with Gasteiger partial charge in [0.05, 0.1) is 7.11 Å². The zero-order valence-electron chi connectivity index (χ0n) is 14.3. The first kappa shape index (κ1) is 17.5. The molecule has 0 aliphatic rings. The molecule has 0 atom stereocenters. The van der Waals surface area contributed by atoms with Crippen LogP contribution in [0.1, 0.15) is 25.0 Å². The number of ketones is 1. The number of hydrogen-bond acceptors (Lipinski definition) is 3. The SMILES string of the molecule is C=C(C)COc1ccccc1/C=C(\C(C)=O)c1ccc(OC)cc1. The smallest absolute Gasteiger partial charge is 0.160 e. The maximum Gasteiger partial charge on any atom is 0.160 e. The molecule has 0 aliphatic carbocycles. The lowest BCUT2D eigenvalue weighted by atomic mass is 9.99. The summed E-state index contributed by atoms with van der Waals surface area (Å²) in [7, 11) is 1.62. The van der Waals surface area contributed by atoms with Crippen molar-refractivity contribution in [3.8, 4) is 11.5 Å². The molecule has 124 valence electrons. The fourth-order valence-electron chi connectivity index (χ4n) is 2.25. The highest BCUT2D eigenvalue weighted by molar-refractivity contribution is 6.24. The van der Waals surface area contributed by atoms with E-state index in [-0.39, 0.29) is 5.78 Å². The molecule has 0 saturated carbocycles. The molecule has 0 radical (unpaired) electrons. The third-order valence-corrected chi connectivity index (χ3v) is 3.47. The van der Waals surface area contributed by atoms with Gasteiger partial charge in [-0.15, -0.1) is 0 Å². The number of carbonyl (C=O) groups is 1. The molecule has 2 rings (SSSR count). The molecule has 0 heterocycles. The minimum absolute atomic E-state index is 0.00475. The van der Waals surface area contributed by atoms with Crippen LogP contribution >= 0.6 is 0 Å². The summed E-state index contributed by atoms with van der Waals surface area (Å²) in [6.45, 7) is 7.77. The fourth-order valence-corrected chi connectivity index (χ4v) is 2.25. The lowest BCUT2D eigenvalue weighted by Crippen LogP contribution is -2.00. The average Bonchev–Trinajstić information content (AvgIpc) is 2.58. The molecule has 3 nitrogen and oxygen atoms in total. The first-order valence-corrected chi connectivity index (χ1v) is 7.74. The molecule has 2 aromatic carbocycles. The number of rotatable bonds is 7. The predicted octanol–water partition coefficient (Wildman–Crippen LogP) is 4.78. The molecule has 0 amide bonds. The molecule has 3 heteroatoms. The van der Waals surface area contributed by atoms with Gasteiger partial charge in [-0.25, -0.2) is 0 Å². The second kappa shape index (κ2) is 8.16. The summed E-state index contributed by atoms with van der Waals surface area (Å²) >= 11 is 0. The Bertz CT molecular complexity index is 755. The molecule has 24 heavy (non-hydrogen) atoms. The van der Waals surface area contributed by atoms with Crippen LogP contribution in [0.5, 0.6) is 11.5 Å². The molecule has 0 bridgehead atoms. The monoisotopic (exact) mass is 322 g/mol. The minimum atomic E-state index is -0.00475. The Morgan fingerprint density at radius 3 is 2.33 bits per heavy atom. The van der Waals surface area contributed by atoms with Crippen LogP contribution < -0.4 is 9.47 Å². The van der Waals surface area contributed by atoms with Gasteiger partial charge in [-0.2, -0.15) is 0 Å². The lowest BCUT2D eigenvalue weighted by molar-refractivity contribution is -0.111. The van der Waals surface area contributed by atoms with Gasteiger partial charge in [0.1, 0.15) is 18.1 Å². The van der Waals surface area contributed by atoms with Crippen LogP contribution in [0.2, 0.25) is 0 Å². The highest BCUT2D eigenvalue weighted by atomic mass is 16.5. The van der Waals surface area contributed by atoms with Gasteiger partial charge in [0.2, 0.25) is 0 Å². The van der Waals surface area contributed by atoms with E-state index in [4.69, 9.17) is 9.47 Å². The summed E-state index contributed by atoms with van der Waals surface area (Å²) in [5.41, 5.74) is 3.28. The maximum absolute atomic E-state index is 12.1. The number of carbonyl (C=O) groups excluding carboxylic acids is 1. The Morgan fingerprint density at radius 1 is 1.08 bits per heavy atom. The van der Waals surface area contributed by atoms with Crippen LogP contribution in [-0.4, -0.2) is 19.5 Å². The van der Waals surface area contributed by atoms with E-state index in [2.05, 4.69) is 6.58 Å². The summed E-state index contributed by atoms with van der Waals surface area (Å²) in [5.74, 6) is 1.48. The minimum Gasteiger partial charge on any atom is -0.497 e. The number of benzene rings is 2. The summed E-state index contributed by atoms with van der Waals surface area (Å²) in [4.78, 5) is 12.1. The number of hydrogen-bond donors (Lipinski definition) is 0. The number of allylic oxidation sites excluding steroid dienone is 1. The van der Waals surface area contributed by atoms with Gasteiger partial charge in [0.25, 0.3) is 0 Å². The predicted molar refractivity (Wildman–Crippen MR) is 98.3 cm³/mol. The molecular weight excluding hydrogens is 300 g/mol. The van der Waals surface area contributed by atoms with Gasteiger partial charge in [0.15, 0.2) is 5.78 Å². The maximum atomic E-state index is 12.1. The van der Waals surface area contributed by atoms with Crippen LogP contribution in [0.15, 0.2) is 60.7 Å². The fraction of sp³-hybridized carbons (Fsp3) is 0.190. The van der Waals surface area contributed by atoms with E-state index < -0.39 is 0 Å². The van der Waals surface area contributed by atoms with Crippen molar-refractivity contribution in [2.24, 2.45) is 0 Å². The third-order valence-electron chi connectivity index (χ3n) is 3.47. The van der Waals surface area contributed by atoms with Crippen LogP contribution in [0.25, 0.3) is 11.6 Å². The van der Waals surface area contributed by atoms with Crippen LogP contribution in [0, 0.1) is 0 Å². The van der Waals surface area contributed by atoms with Gasteiger partial charge < -0.3 is 9.47 Å². The zero-order chi connectivity index (χ0) is 17.5. The summed E-state index contributed by atoms with van der Waals surface area (Å²) in [5, 5.41) is 0. The van der Waals surface area contributed by atoms with Gasteiger partial charge in [-0.05, 0) is 49.3 Å². The van der Waals surface area contributed by atoms with E-state index >= 15 is 0 Å². The van der Waals surface area contributed by atoms with Crippen molar-refractivity contribution in [2.45, 2.75) is 13.8 Å². The molecular formula is C21H22O3. The molecule has 0 unspecified atom stereocenters. The number of Topliss-reactive ketones (excluding diaryl/α,β-unsaturated/α-hetero) is 1. The number of methoxy groups -OCH3 is 1. The largest absolute Gasteiger partial charge is 0.497 e. The van der Waals surface area contributed by atoms with Crippen LogP contribution in [-0.2, 0) is 4.79 Å². The Balaban J connectivity index is 2.40. The second-order valence-corrected chi connectivity index (χ2v) is 5.63. The first-order chi connectivity index (χ1) is 11.5. The molecule has 0 aromatic heterocycles. The van der Waals surface area contributed by atoms with Gasteiger partial charge >= 0.3 is 0 Å². The molecule has 0 spiro atoms. The molecule has 0 fully saturated rings. The van der Waals surface area contributed by atoms with Gasteiger partial charge in [-0.1, -0.05) is 36.9 Å². The summed E-state index contributed by atoms with van der Waals surface area (Å²) < 4.78 is 10.9. The molecule has 0 saturated heterocycles. The Kier molecular flexibility index (Phi) is 5.96. The van der Waals surface area contributed by atoms with Crippen molar-refractivity contribution in [1.82, 2.24) is 0 Å². The van der Waals surface area contributed by atoms with E-state index in [1.54, 1.807) is 14.0 Å². The van der Waals surface area contributed by atoms with Crippen molar-refractivity contribution in [3.05, 3.63) is 71.8 Å². The van der Waals surface area contributed by atoms with E-state index in [0.29, 0.717) is 12.2 Å². The van der Waals surface area contributed by atoms with Gasteiger partial charge in [0, 0.05) is 11.1 Å². The van der Waals surface area contributed by atoms with Crippen molar-refractivity contribution in [2.75, 3.05) is 13.7 Å². The van der Waals surface area contributed by atoms with Gasteiger partial charge in [-0.3, -0.25) is 4.79 Å². The number of para-hydroxylation sites is 1. The van der Waals surface area contributed by atoms with Crippen molar-refractivity contribution in [3.63, 3.8) is 0 Å². The highest BCUT2D eigenvalue weighted by Crippen LogP contribution is 2.26. The quantitative estimate of drug-likeness (QED) is 0.418. The van der Waals surface area contributed by atoms with Crippen molar-refractivity contribution in [1.29, 1.82) is 0 Å². The third kappa shape index (κ3) is 4.59. The van der Waals surface area contributed by atoms with Crippen LogP contribution in [0.3, 0.4) is 0 Å². The van der Waals surface area contributed by atoms with Crippen LogP contribution in [0.4, 0.5) is 0 Å². The summed E-state index contributed by atoms with van der Waals surface area (Å²) in [6.07, 6.45) is 1.86. The Morgan fingerprint density at radius 2 is 1.75 bits per heavy atom. The van der Waals surface area contributed by atoms with E-state index in [1.807, 2.05) is 61.5 Å². The standard InChI is InChI=1S/C21H22O3/c1-15(2)14-24-21-8-6-5-7-18(21)13-20(16(3)22)17-9-11-19(23-4)12-10-17/h5-13H,1,14H2,2-4H3/b20-13+. The van der Waals surface area contributed by atoms with Crippen molar-refractivity contribution < 1.29 is 14.3 Å². The second-order valence-electron chi connectivity index (χ2n) is 5.63. The van der Waals surface area contributed by atoms with E-state index in [9.17, 15) is 4.79 Å². The number of ether oxygens (including phenoxy) is 2. The Hall–Kier alpha value is -2.81. The first-order valence-electron chi connectivity index (χ1n) is 7.74. The lowest BCUT2D eigenvalue weighted by Gasteiger charge is -2.11. The zero-order valence-corrected chi connectivity index (χ0v) is 14.3. The normalized spacial score (nSPS) is 11.0. The molecule has 0 aliphatic heterocycles. The average molecular weight is 322 g/mol. The topological polar surface area (TPSA) is 35.5 Å².